The number of amidine groups is 1. The Labute approximate surface area is 227 Å². The number of piperazine rings is 1. The van der Waals surface area contributed by atoms with E-state index in [4.69, 9.17) is 37.4 Å². The summed E-state index contributed by atoms with van der Waals surface area (Å²) in [5.74, 6) is 0.814. The molecular weight excluding hydrogens is 513 g/mol. The number of imidazole rings is 1. The van der Waals surface area contributed by atoms with E-state index in [1.54, 1.807) is 24.7 Å². The van der Waals surface area contributed by atoms with E-state index in [9.17, 15) is 0 Å². The standard InChI is InChI=1S/C27H31Cl2N5O3/c1-20(30-2)33-11-13-34(14-12-33)22-4-6-23(7-5-22)35-16-24-17-36-27(37-24,18-32-10-9-31-19-32)25-8-3-21(28)15-26(25)29/h3-10,15,19,24H,11-14,16-18H2,1-2H3/t24?,27-/m0/s1. The van der Waals surface area contributed by atoms with Gasteiger partial charge in [-0.1, -0.05) is 29.3 Å². The second kappa shape index (κ2) is 11.3. The third kappa shape index (κ3) is 5.88. The van der Waals surface area contributed by atoms with Crippen LogP contribution in [0, 0.1) is 0 Å². The Bertz CT molecular complexity index is 1210. The van der Waals surface area contributed by atoms with Gasteiger partial charge in [0.15, 0.2) is 0 Å². The Morgan fingerprint density at radius 3 is 2.59 bits per heavy atom. The SMILES string of the molecule is CN=C(C)N1CCN(c2ccc(OCC3CO[C@](Cn4ccnc4)(c4ccc(Cl)cc4Cl)O3)cc2)CC1. The fourth-order valence-corrected chi connectivity index (χ4v) is 5.30. The molecule has 2 saturated heterocycles. The molecule has 0 bridgehead atoms. The minimum Gasteiger partial charge on any atom is -0.491 e. The van der Waals surface area contributed by atoms with Crippen LogP contribution < -0.4 is 9.64 Å². The number of rotatable bonds is 7. The number of hydrogen-bond acceptors (Lipinski definition) is 6. The maximum atomic E-state index is 6.56. The summed E-state index contributed by atoms with van der Waals surface area (Å²) in [6.07, 6.45) is 5.03. The molecule has 3 aromatic rings. The first-order chi connectivity index (χ1) is 18.0. The van der Waals surface area contributed by atoms with Gasteiger partial charge < -0.3 is 28.6 Å². The van der Waals surface area contributed by atoms with Gasteiger partial charge in [-0.3, -0.25) is 4.99 Å². The molecule has 8 nitrogen and oxygen atoms in total. The number of hydrogen-bond donors (Lipinski definition) is 0. The van der Waals surface area contributed by atoms with E-state index in [-0.39, 0.29) is 6.10 Å². The van der Waals surface area contributed by atoms with Gasteiger partial charge in [-0.15, -0.1) is 0 Å². The summed E-state index contributed by atoms with van der Waals surface area (Å²) in [6, 6.07) is 13.6. The molecule has 0 spiro atoms. The summed E-state index contributed by atoms with van der Waals surface area (Å²) in [5.41, 5.74) is 1.91. The number of benzene rings is 2. The van der Waals surface area contributed by atoms with Crippen molar-refractivity contribution in [2.75, 3.05) is 51.3 Å². The van der Waals surface area contributed by atoms with Crippen LogP contribution in [0.5, 0.6) is 5.75 Å². The third-order valence-corrected chi connectivity index (χ3v) is 7.40. The van der Waals surface area contributed by atoms with Crippen LogP contribution in [0.3, 0.4) is 0 Å². The van der Waals surface area contributed by atoms with Crippen molar-refractivity contribution in [2.45, 2.75) is 25.4 Å². The molecule has 0 radical (unpaired) electrons. The summed E-state index contributed by atoms with van der Waals surface area (Å²) < 4.78 is 20.7. The molecule has 0 amide bonds. The molecule has 5 rings (SSSR count). The second-order valence-corrected chi connectivity index (χ2v) is 10.1. The predicted molar refractivity (Wildman–Crippen MR) is 146 cm³/mol. The van der Waals surface area contributed by atoms with E-state index >= 15 is 0 Å². The summed E-state index contributed by atoms with van der Waals surface area (Å²) in [6.45, 7) is 7.06. The number of aromatic nitrogens is 2. The van der Waals surface area contributed by atoms with Gasteiger partial charge >= 0.3 is 0 Å². The topological polar surface area (TPSA) is 64.3 Å². The molecule has 3 heterocycles. The maximum Gasteiger partial charge on any atom is 0.215 e. The molecule has 0 aliphatic carbocycles. The van der Waals surface area contributed by atoms with Crippen molar-refractivity contribution >= 4 is 34.7 Å². The zero-order chi connectivity index (χ0) is 25.8. The largest absolute Gasteiger partial charge is 0.491 e. The van der Waals surface area contributed by atoms with E-state index in [1.165, 1.54) is 5.69 Å². The highest BCUT2D eigenvalue weighted by molar-refractivity contribution is 6.35. The van der Waals surface area contributed by atoms with Crippen molar-refractivity contribution in [1.29, 1.82) is 0 Å². The zero-order valence-electron chi connectivity index (χ0n) is 21.0. The summed E-state index contributed by atoms with van der Waals surface area (Å²) >= 11 is 12.7. The number of aliphatic imine (C=N–C) groups is 1. The van der Waals surface area contributed by atoms with Crippen LogP contribution in [0.4, 0.5) is 5.69 Å². The molecule has 1 aromatic heterocycles. The second-order valence-electron chi connectivity index (χ2n) is 9.21. The fraction of sp³-hybridized carbons (Fsp3) is 0.407. The average Bonchev–Trinajstić information content (AvgIpc) is 3.58. The Hall–Kier alpha value is -2.78. The molecule has 1 unspecified atom stereocenters. The molecule has 2 aromatic carbocycles. The molecule has 0 saturated carbocycles. The van der Waals surface area contributed by atoms with Crippen LogP contribution in [0.15, 0.2) is 66.2 Å². The van der Waals surface area contributed by atoms with Crippen molar-refractivity contribution in [2.24, 2.45) is 4.99 Å². The Morgan fingerprint density at radius 1 is 1.14 bits per heavy atom. The van der Waals surface area contributed by atoms with Gasteiger partial charge in [-0.05, 0) is 43.3 Å². The molecule has 2 aliphatic rings. The van der Waals surface area contributed by atoms with Crippen LogP contribution in [-0.4, -0.2) is 72.8 Å². The molecule has 196 valence electrons. The Morgan fingerprint density at radius 2 is 1.92 bits per heavy atom. The summed E-state index contributed by atoms with van der Waals surface area (Å²) in [4.78, 5) is 13.1. The van der Waals surface area contributed by atoms with Crippen molar-refractivity contribution in [3.8, 4) is 5.75 Å². The van der Waals surface area contributed by atoms with Gasteiger partial charge in [0.25, 0.3) is 0 Å². The smallest absolute Gasteiger partial charge is 0.215 e. The van der Waals surface area contributed by atoms with E-state index in [1.807, 2.05) is 36.0 Å². The van der Waals surface area contributed by atoms with Crippen LogP contribution in [0.25, 0.3) is 0 Å². The molecule has 2 atom stereocenters. The summed E-state index contributed by atoms with van der Waals surface area (Å²) in [7, 11) is 1.84. The summed E-state index contributed by atoms with van der Waals surface area (Å²) in [5, 5.41) is 1.04. The first kappa shape index (κ1) is 25.9. The first-order valence-corrected chi connectivity index (χ1v) is 13.1. The monoisotopic (exact) mass is 543 g/mol. The lowest BCUT2D eigenvalue weighted by atomic mass is 10.1. The Kier molecular flexibility index (Phi) is 7.90. The number of nitrogens with zero attached hydrogens (tertiary/aromatic N) is 5. The van der Waals surface area contributed by atoms with Crippen molar-refractivity contribution in [1.82, 2.24) is 14.5 Å². The van der Waals surface area contributed by atoms with Gasteiger partial charge in [-0.2, -0.15) is 0 Å². The normalized spacial score (nSPS) is 22.5. The van der Waals surface area contributed by atoms with E-state index in [0.29, 0.717) is 29.8 Å². The lowest BCUT2D eigenvalue weighted by Gasteiger charge is -2.37. The minimum absolute atomic E-state index is 0.272. The maximum absolute atomic E-state index is 6.56. The van der Waals surface area contributed by atoms with Crippen LogP contribution in [-0.2, 0) is 21.8 Å². The van der Waals surface area contributed by atoms with Crippen LogP contribution >= 0.6 is 23.2 Å². The third-order valence-electron chi connectivity index (χ3n) is 6.85. The average molecular weight is 544 g/mol. The molecular formula is C27H31Cl2N5O3. The van der Waals surface area contributed by atoms with Gasteiger partial charge in [0.1, 0.15) is 18.5 Å². The highest BCUT2D eigenvalue weighted by Gasteiger charge is 2.45. The highest BCUT2D eigenvalue weighted by atomic mass is 35.5. The fourth-order valence-electron chi connectivity index (χ4n) is 4.75. The van der Waals surface area contributed by atoms with Crippen molar-refractivity contribution < 1.29 is 14.2 Å². The Balaban J connectivity index is 1.21. The molecule has 37 heavy (non-hydrogen) atoms. The minimum atomic E-state index is -1.07. The molecule has 10 heteroatoms. The lowest BCUT2D eigenvalue weighted by Crippen LogP contribution is -2.48. The van der Waals surface area contributed by atoms with Crippen LogP contribution in [0.2, 0.25) is 10.0 Å². The molecule has 0 N–H and O–H groups in total. The van der Waals surface area contributed by atoms with Gasteiger partial charge in [0.2, 0.25) is 5.79 Å². The van der Waals surface area contributed by atoms with Crippen molar-refractivity contribution in [3.63, 3.8) is 0 Å². The van der Waals surface area contributed by atoms with Gasteiger partial charge in [0.05, 0.1) is 30.3 Å². The zero-order valence-corrected chi connectivity index (χ0v) is 22.5. The van der Waals surface area contributed by atoms with Crippen molar-refractivity contribution in [3.05, 3.63) is 76.8 Å². The van der Waals surface area contributed by atoms with Crippen LogP contribution in [0.1, 0.15) is 12.5 Å². The quantitative estimate of drug-likeness (QED) is 0.317. The van der Waals surface area contributed by atoms with E-state index in [0.717, 1.165) is 43.3 Å². The predicted octanol–water partition coefficient (Wildman–Crippen LogP) is 4.71. The first-order valence-electron chi connectivity index (χ1n) is 12.3. The van der Waals surface area contributed by atoms with E-state index in [2.05, 4.69) is 38.8 Å². The van der Waals surface area contributed by atoms with Gasteiger partial charge in [-0.25, -0.2) is 4.98 Å². The van der Waals surface area contributed by atoms with Gasteiger partial charge in [0, 0.05) is 61.9 Å². The van der Waals surface area contributed by atoms with E-state index < -0.39 is 5.79 Å². The lowest BCUT2D eigenvalue weighted by molar-refractivity contribution is -0.189. The highest BCUT2D eigenvalue weighted by Crippen LogP contribution is 2.40. The number of halogens is 2. The number of anilines is 1. The number of ether oxygens (including phenoxy) is 3. The molecule has 2 aliphatic heterocycles. The molecule has 2 fully saturated rings.